The molecule has 0 bridgehead atoms. The Bertz CT molecular complexity index is 574. The lowest BCUT2D eigenvalue weighted by Crippen LogP contribution is -2.34. The number of rotatable bonds is 10. The number of nitrogens with zero attached hydrogens (tertiary/aromatic N) is 2. The van der Waals surface area contributed by atoms with Crippen LogP contribution in [0.1, 0.15) is 57.3 Å². The van der Waals surface area contributed by atoms with Gasteiger partial charge in [-0.3, -0.25) is 10.1 Å². The summed E-state index contributed by atoms with van der Waals surface area (Å²) in [4.78, 5) is 19.1. The molecule has 1 atom stereocenters. The van der Waals surface area contributed by atoms with Crippen molar-refractivity contribution in [1.82, 2.24) is 10.2 Å². The number of ether oxygens (including phenoxy) is 1. The molecule has 1 N–H and O–H groups in total. The van der Waals surface area contributed by atoms with Gasteiger partial charge in [0.2, 0.25) is 0 Å². The van der Waals surface area contributed by atoms with Gasteiger partial charge in [-0.2, -0.15) is 0 Å². The first kappa shape index (κ1) is 22.1. The summed E-state index contributed by atoms with van der Waals surface area (Å²) in [6.45, 7) is 11.8. The van der Waals surface area contributed by atoms with Gasteiger partial charge in [0.05, 0.1) is 18.2 Å². The minimum atomic E-state index is -0.563. The maximum Gasteiger partial charge on any atom is 0.291 e. The zero-order valence-electron chi connectivity index (χ0n) is 16.4. The van der Waals surface area contributed by atoms with Crippen molar-refractivity contribution >= 4 is 11.9 Å². The van der Waals surface area contributed by atoms with Gasteiger partial charge >= 0.3 is 0 Å². The van der Waals surface area contributed by atoms with E-state index in [4.69, 9.17) is 4.74 Å². The zero-order valence-corrected chi connectivity index (χ0v) is 16.4. The van der Waals surface area contributed by atoms with E-state index < -0.39 is 11.7 Å². The molecule has 0 saturated carbocycles. The number of hydrogen-bond acceptors (Lipinski definition) is 4. The Labute approximate surface area is 156 Å². The summed E-state index contributed by atoms with van der Waals surface area (Å²) in [6, 6.07) is 6.04. The fourth-order valence-corrected chi connectivity index (χ4v) is 2.53. The number of carbonyl (C=O) groups is 1. The smallest absolute Gasteiger partial charge is 0.291 e. The molecule has 1 unspecified atom stereocenters. The van der Waals surface area contributed by atoms with Gasteiger partial charge in [-0.05, 0) is 58.0 Å². The quantitative estimate of drug-likeness (QED) is 0.506. The Balaban J connectivity index is 2.67. The van der Waals surface area contributed by atoms with Crippen LogP contribution in [0.3, 0.4) is 0 Å². The first-order chi connectivity index (χ1) is 12.5. The average Bonchev–Trinajstić information content (AvgIpc) is 2.63. The summed E-state index contributed by atoms with van der Waals surface area (Å²) in [5, 5.41) is 2.60. The fourth-order valence-electron chi connectivity index (χ4n) is 2.53. The van der Waals surface area contributed by atoms with E-state index in [2.05, 4.69) is 29.1 Å². The molecule has 1 rings (SSSR count). The van der Waals surface area contributed by atoms with Crippen LogP contribution in [0.2, 0.25) is 0 Å². The minimum absolute atomic E-state index is 0.0124. The Kier molecular flexibility index (Phi) is 10.5. The van der Waals surface area contributed by atoms with Crippen molar-refractivity contribution in [2.24, 2.45) is 4.99 Å². The Morgan fingerprint density at radius 1 is 1.27 bits per heavy atom. The predicted molar refractivity (Wildman–Crippen MR) is 104 cm³/mol. The number of aliphatic imine (C=N–C) groups is 1. The van der Waals surface area contributed by atoms with Crippen LogP contribution in [0.5, 0.6) is 0 Å². The molecule has 26 heavy (non-hydrogen) atoms. The van der Waals surface area contributed by atoms with Gasteiger partial charge in [-0.15, -0.1) is 0 Å². The van der Waals surface area contributed by atoms with Gasteiger partial charge in [-0.25, -0.2) is 9.38 Å². The van der Waals surface area contributed by atoms with E-state index in [1.807, 2.05) is 13.8 Å². The number of hydrogen-bond donors (Lipinski definition) is 1. The SMILES string of the molecule is CCCOC(=NC(C)CCCN(CC)CC)NC(=O)c1ccccc1F. The van der Waals surface area contributed by atoms with Crippen molar-refractivity contribution < 1.29 is 13.9 Å². The maximum atomic E-state index is 13.8. The highest BCUT2D eigenvalue weighted by Crippen LogP contribution is 2.07. The molecule has 0 saturated heterocycles. The number of benzene rings is 1. The molecule has 0 aromatic heterocycles. The van der Waals surface area contributed by atoms with E-state index in [0.717, 1.165) is 38.9 Å². The molecular formula is C20H32FN3O2. The summed E-state index contributed by atoms with van der Waals surface area (Å²) >= 11 is 0. The molecule has 1 aromatic rings. The predicted octanol–water partition coefficient (Wildman–Crippen LogP) is 3.85. The zero-order chi connectivity index (χ0) is 19.4. The molecule has 1 amide bonds. The molecule has 5 nitrogen and oxygen atoms in total. The second-order valence-electron chi connectivity index (χ2n) is 6.23. The lowest BCUT2D eigenvalue weighted by atomic mass is 10.2. The second-order valence-corrected chi connectivity index (χ2v) is 6.23. The Morgan fingerprint density at radius 3 is 2.58 bits per heavy atom. The van der Waals surface area contributed by atoms with Crippen molar-refractivity contribution in [3.05, 3.63) is 35.6 Å². The number of nitrogens with one attached hydrogen (secondary N) is 1. The Morgan fingerprint density at radius 2 is 1.96 bits per heavy atom. The third-order valence-electron chi connectivity index (χ3n) is 4.11. The number of halogens is 1. The molecule has 0 aliphatic rings. The van der Waals surface area contributed by atoms with Crippen LogP contribution in [0.4, 0.5) is 4.39 Å². The third-order valence-corrected chi connectivity index (χ3v) is 4.11. The van der Waals surface area contributed by atoms with E-state index in [9.17, 15) is 9.18 Å². The second kappa shape index (κ2) is 12.4. The van der Waals surface area contributed by atoms with Crippen LogP contribution in [0, 0.1) is 5.82 Å². The van der Waals surface area contributed by atoms with Crippen molar-refractivity contribution in [3.63, 3.8) is 0 Å². The largest absolute Gasteiger partial charge is 0.465 e. The maximum absolute atomic E-state index is 13.8. The minimum Gasteiger partial charge on any atom is -0.465 e. The molecule has 0 spiro atoms. The van der Waals surface area contributed by atoms with Gasteiger partial charge in [0.25, 0.3) is 11.9 Å². The van der Waals surface area contributed by atoms with Crippen LogP contribution >= 0.6 is 0 Å². The van der Waals surface area contributed by atoms with Crippen LogP contribution in [-0.4, -0.2) is 49.1 Å². The van der Waals surface area contributed by atoms with Crippen molar-refractivity contribution in [1.29, 1.82) is 0 Å². The highest BCUT2D eigenvalue weighted by atomic mass is 19.1. The van der Waals surface area contributed by atoms with Crippen LogP contribution < -0.4 is 5.32 Å². The first-order valence-corrected chi connectivity index (χ1v) is 9.50. The fraction of sp³-hybridized carbons (Fsp3) is 0.600. The van der Waals surface area contributed by atoms with E-state index in [1.165, 1.54) is 12.1 Å². The standard InChI is InChI=1S/C20H32FN3O2/c1-5-15-26-20(22-16(4)11-10-14-24(6-2)7-3)23-19(25)17-12-8-9-13-18(17)21/h8-9,12-13,16H,5-7,10-11,14-15H2,1-4H3,(H,22,23,25). The molecule has 1 aromatic carbocycles. The summed E-state index contributed by atoms with van der Waals surface area (Å²) in [7, 11) is 0. The number of amidine groups is 1. The Hall–Kier alpha value is -1.95. The van der Waals surface area contributed by atoms with E-state index in [0.29, 0.717) is 6.61 Å². The topological polar surface area (TPSA) is 53.9 Å². The highest BCUT2D eigenvalue weighted by Gasteiger charge is 2.15. The molecule has 6 heteroatoms. The van der Waals surface area contributed by atoms with Crippen molar-refractivity contribution in [2.75, 3.05) is 26.2 Å². The van der Waals surface area contributed by atoms with Crippen LogP contribution in [0.15, 0.2) is 29.3 Å². The molecule has 0 aliphatic heterocycles. The summed E-state index contributed by atoms with van der Waals surface area (Å²) < 4.78 is 19.3. The number of carbonyl (C=O) groups excluding carboxylic acids is 1. The summed E-state index contributed by atoms with van der Waals surface area (Å²) in [5.41, 5.74) is -0.0190. The monoisotopic (exact) mass is 365 g/mol. The molecular weight excluding hydrogens is 333 g/mol. The summed E-state index contributed by atoms with van der Waals surface area (Å²) in [6.07, 6.45) is 2.71. The van der Waals surface area contributed by atoms with E-state index >= 15 is 0 Å². The van der Waals surface area contributed by atoms with Gasteiger partial charge < -0.3 is 9.64 Å². The van der Waals surface area contributed by atoms with Gasteiger partial charge in [0.1, 0.15) is 5.82 Å². The number of amides is 1. The van der Waals surface area contributed by atoms with Crippen LogP contribution in [0.25, 0.3) is 0 Å². The highest BCUT2D eigenvalue weighted by molar-refractivity contribution is 6.04. The molecule has 0 fully saturated rings. The third kappa shape index (κ3) is 7.95. The first-order valence-electron chi connectivity index (χ1n) is 9.50. The lowest BCUT2D eigenvalue weighted by molar-refractivity contribution is 0.0961. The van der Waals surface area contributed by atoms with Gasteiger partial charge in [0.15, 0.2) is 0 Å². The molecule has 0 radical (unpaired) electrons. The van der Waals surface area contributed by atoms with E-state index in [-0.39, 0.29) is 17.6 Å². The average molecular weight is 365 g/mol. The molecule has 0 aliphatic carbocycles. The summed E-state index contributed by atoms with van der Waals surface area (Å²) in [5.74, 6) is -1.11. The van der Waals surface area contributed by atoms with E-state index in [1.54, 1.807) is 12.1 Å². The normalized spacial score (nSPS) is 12.9. The van der Waals surface area contributed by atoms with Crippen molar-refractivity contribution in [2.45, 2.75) is 53.0 Å². The van der Waals surface area contributed by atoms with Crippen molar-refractivity contribution in [3.8, 4) is 0 Å². The van der Waals surface area contributed by atoms with Gasteiger partial charge in [0, 0.05) is 0 Å². The lowest BCUT2D eigenvalue weighted by Gasteiger charge is -2.18. The molecule has 146 valence electrons. The van der Waals surface area contributed by atoms with Gasteiger partial charge in [-0.1, -0.05) is 32.9 Å². The molecule has 0 heterocycles. The van der Waals surface area contributed by atoms with Crippen LogP contribution in [-0.2, 0) is 4.74 Å².